The molecule has 0 aromatic heterocycles. The summed E-state index contributed by atoms with van der Waals surface area (Å²) >= 11 is 0. The smallest absolute Gasteiger partial charge is 0.245 e. The number of carbonyl (C=O) groups is 2. The van der Waals surface area contributed by atoms with E-state index in [1.807, 2.05) is 30.3 Å². The molecule has 1 heterocycles. The van der Waals surface area contributed by atoms with Crippen LogP contribution in [0.5, 0.6) is 5.75 Å². The van der Waals surface area contributed by atoms with Gasteiger partial charge >= 0.3 is 0 Å². The van der Waals surface area contributed by atoms with Gasteiger partial charge in [-0.05, 0) is 37.0 Å². The van der Waals surface area contributed by atoms with Crippen molar-refractivity contribution in [1.82, 2.24) is 10.2 Å². The van der Waals surface area contributed by atoms with Gasteiger partial charge < -0.3 is 15.0 Å². The molecule has 5 nitrogen and oxygen atoms in total. The molecule has 1 fully saturated rings. The topological polar surface area (TPSA) is 58.6 Å². The first-order valence-corrected chi connectivity index (χ1v) is 8.05. The largest absolute Gasteiger partial charge is 0.493 e. The summed E-state index contributed by atoms with van der Waals surface area (Å²) < 4.78 is 5.51. The zero-order valence-corrected chi connectivity index (χ0v) is 13.4. The van der Waals surface area contributed by atoms with Crippen molar-refractivity contribution >= 4 is 11.8 Å². The lowest BCUT2D eigenvalue weighted by atomic mass is 9.98. The van der Waals surface area contributed by atoms with Crippen LogP contribution in [-0.2, 0) is 9.59 Å². The number of rotatable bonds is 7. The third kappa shape index (κ3) is 5.77. The zero-order valence-electron chi connectivity index (χ0n) is 13.4. The van der Waals surface area contributed by atoms with Gasteiger partial charge in [-0.15, -0.1) is 0 Å². The molecule has 23 heavy (non-hydrogen) atoms. The van der Waals surface area contributed by atoms with E-state index in [1.54, 1.807) is 4.90 Å². The standard InChI is InChI=1S/C18H24N2O3/c1-2-18(22)20-11-6-7-15(14-20)13-19-17(21)10-12-23-16-8-4-3-5-9-16/h2-5,8-9,15H,1,6-7,10-14H2,(H,19,21). The lowest BCUT2D eigenvalue weighted by molar-refractivity contribution is -0.127. The number of piperidine rings is 1. The minimum absolute atomic E-state index is 0.0203. The highest BCUT2D eigenvalue weighted by molar-refractivity contribution is 5.87. The highest BCUT2D eigenvalue weighted by Gasteiger charge is 2.22. The number of hydrogen-bond donors (Lipinski definition) is 1. The maximum atomic E-state index is 11.9. The first-order valence-electron chi connectivity index (χ1n) is 8.05. The SMILES string of the molecule is C=CC(=O)N1CCCC(CNC(=O)CCOc2ccccc2)C1. The number of benzene rings is 1. The summed E-state index contributed by atoms with van der Waals surface area (Å²) in [4.78, 5) is 25.3. The van der Waals surface area contributed by atoms with Crippen LogP contribution < -0.4 is 10.1 Å². The Balaban J connectivity index is 1.64. The predicted molar refractivity (Wildman–Crippen MR) is 89.1 cm³/mol. The van der Waals surface area contributed by atoms with Crippen molar-refractivity contribution in [2.45, 2.75) is 19.3 Å². The van der Waals surface area contributed by atoms with Gasteiger partial charge in [0.05, 0.1) is 13.0 Å². The van der Waals surface area contributed by atoms with Gasteiger partial charge in [0.15, 0.2) is 0 Å². The second-order valence-corrected chi connectivity index (χ2v) is 5.71. The average molecular weight is 316 g/mol. The Hall–Kier alpha value is -2.30. The van der Waals surface area contributed by atoms with Gasteiger partial charge in [-0.25, -0.2) is 0 Å². The number of likely N-dealkylation sites (tertiary alicyclic amines) is 1. The maximum Gasteiger partial charge on any atom is 0.245 e. The molecule has 1 N–H and O–H groups in total. The van der Waals surface area contributed by atoms with Crippen molar-refractivity contribution in [3.63, 3.8) is 0 Å². The molecule has 124 valence electrons. The van der Waals surface area contributed by atoms with Crippen LogP contribution in [0.4, 0.5) is 0 Å². The molecule has 1 saturated heterocycles. The molecule has 1 aliphatic rings. The van der Waals surface area contributed by atoms with E-state index in [4.69, 9.17) is 4.74 Å². The van der Waals surface area contributed by atoms with Crippen molar-refractivity contribution in [3.8, 4) is 5.75 Å². The monoisotopic (exact) mass is 316 g/mol. The van der Waals surface area contributed by atoms with Crippen molar-refractivity contribution < 1.29 is 14.3 Å². The minimum atomic E-state index is -0.0303. The van der Waals surface area contributed by atoms with Crippen LogP contribution in [0.3, 0.4) is 0 Å². The summed E-state index contributed by atoms with van der Waals surface area (Å²) in [6, 6.07) is 9.45. The summed E-state index contributed by atoms with van der Waals surface area (Å²) in [7, 11) is 0. The molecule has 0 bridgehead atoms. The Morgan fingerprint density at radius 3 is 2.87 bits per heavy atom. The molecule has 2 amide bonds. The summed E-state index contributed by atoms with van der Waals surface area (Å²) in [5.41, 5.74) is 0. The fraction of sp³-hybridized carbons (Fsp3) is 0.444. The lowest BCUT2D eigenvalue weighted by Crippen LogP contribution is -2.43. The van der Waals surface area contributed by atoms with Gasteiger partial charge in [0.1, 0.15) is 5.75 Å². The molecule has 1 aromatic carbocycles. The van der Waals surface area contributed by atoms with Crippen LogP contribution in [-0.4, -0.2) is 43.0 Å². The zero-order chi connectivity index (χ0) is 16.5. The predicted octanol–water partition coefficient (Wildman–Crippen LogP) is 2.00. The minimum Gasteiger partial charge on any atom is -0.493 e. The second kappa shape index (κ2) is 8.98. The number of para-hydroxylation sites is 1. The Labute approximate surface area is 137 Å². The Morgan fingerprint density at radius 2 is 2.13 bits per heavy atom. The molecule has 2 rings (SSSR count). The molecule has 0 aliphatic carbocycles. The van der Waals surface area contributed by atoms with Crippen molar-refractivity contribution in [2.75, 3.05) is 26.2 Å². The van der Waals surface area contributed by atoms with E-state index >= 15 is 0 Å². The average Bonchev–Trinajstić information content (AvgIpc) is 2.60. The fourth-order valence-corrected chi connectivity index (χ4v) is 2.69. The van der Waals surface area contributed by atoms with Crippen molar-refractivity contribution in [3.05, 3.63) is 43.0 Å². The number of ether oxygens (including phenoxy) is 1. The highest BCUT2D eigenvalue weighted by atomic mass is 16.5. The third-order valence-electron chi connectivity index (χ3n) is 3.93. The number of nitrogens with zero attached hydrogens (tertiary/aromatic N) is 1. The molecule has 0 spiro atoms. The van der Waals surface area contributed by atoms with Crippen molar-refractivity contribution in [1.29, 1.82) is 0 Å². The fourth-order valence-electron chi connectivity index (χ4n) is 2.69. The molecule has 1 atom stereocenters. The normalized spacial score (nSPS) is 17.4. The Bertz CT molecular complexity index is 530. The number of nitrogens with one attached hydrogen (secondary N) is 1. The van der Waals surface area contributed by atoms with E-state index in [-0.39, 0.29) is 11.8 Å². The quantitative estimate of drug-likeness (QED) is 0.783. The van der Waals surface area contributed by atoms with E-state index < -0.39 is 0 Å². The molecule has 1 unspecified atom stereocenters. The highest BCUT2D eigenvalue weighted by Crippen LogP contribution is 2.16. The van der Waals surface area contributed by atoms with E-state index in [9.17, 15) is 9.59 Å². The van der Waals surface area contributed by atoms with Crippen LogP contribution in [0.1, 0.15) is 19.3 Å². The first-order chi connectivity index (χ1) is 11.2. The van der Waals surface area contributed by atoms with E-state index in [0.717, 1.165) is 25.1 Å². The first kappa shape index (κ1) is 17.1. The van der Waals surface area contributed by atoms with Crippen molar-refractivity contribution in [2.24, 2.45) is 5.92 Å². The summed E-state index contributed by atoms with van der Waals surface area (Å²) in [6.07, 6.45) is 3.68. The number of carbonyl (C=O) groups excluding carboxylic acids is 2. The van der Waals surface area contributed by atoms with Crippen LogP contribution in [0.25, 0.3) is 0 Å². The van der Waals surface area contributed by atoms with E-state index in [0.29, 0.717) is 32.0 Å². The summed E-state index contributed by atoms with van der Waals surface area (Å²) in [6.45, 7) is 5.95. The number of hydrogen-bond acceptors (Lipinski definition) is 3. The van der Waals surface area contributed by atoms with Crippen LogP contribution in [0.15, 0.2) is 43.0 Å². The van der Waals surface area contributed by atoms with Gasteiger partial charge in [-0.2, -0.15) is 0 Å². The molecule has 1 aromatic rings. The summed E-state index contributed by atoms with van der Waals surface area (Å²) in [5.74, 6) is 1.03. The molecule has 5 heteroatoms. The van der Waals surface area contributed by atoms with Crippen LogP contribution >= 0.6 is 0 Å². The molecular formula is C18H24N2O3. The maximum absolute atomic E-state index is 11.9. The van der Waals surface area contributed by atoms with Gasteiger partial charge in [0.25, 0.3) is 0 Å². The van der Waals surface area contributed by atoms with Gasteiger partial charge in [-0.3, -0.25) is 9.59 Å². The second-order valence-electron chi connectivity index (χ2n) is 5.71. The van der Waals surface area contributed by atoms with Crippen LogP contribution in [0, 0.1) is 5.92 Å². The lowest BCUT2D eigenvalue weighted by Gasteiger charge is -2.32. The molecule has 0 saturated carbocycles. The Morgan fingerprint density at radius 1 is 1.35 bits per heavy atom. The molecule has 0 radical (unpaired) electrons. The van der Waals surface area contributed by atoms with Gasteiger partial charge in [-0.1, -0.05) is 24.8 Å². The summed E-state index contributed by atoms with van der Waals surface area (Å²) in [5, 5.41) is 2.93. The number of amides is 2. The molecular weight excluding hydrogens is 292 g/mol. The van der Waals surface area contributed by atoms with Gasteiger partial charge in [0, 0.05) is 19.6 Å². The van der Waals surface area contributed by atoms with E-state index in [2.05, 4.69) is 11.9 Å². The van der Waals surface area contributed by atoms with E-state index in [1.165, 1.54) is 6.08 Å². The Kier molecular flexibility index (Phi) is 6.66. The third-order valence-corrected chi connectivity index (χ3v) is 3.93. The molecule has 1 aliphatic heterocycles. The van der Waals surface area contributed by atoms with Crippen LogP contribution in [0.2, 0.25) is 0 Å². The van der Waals surface area contributed by atoms with Gasteiger partial charge in [0.2, 0.25) is 11.8 Å².